The molecule has 3 nitrogen and oxygen atoms in total. The van der Waals surface area contributed by atoms with Gasteiger partial charge in [0.2, 0.25) is 0 Å². The minimum absolute atomic E-state index is 0.0275. The van der Waals surface area contributed by atoms with Crippen LogP contribution in [0.4, 0.5) is 19.0 Å². The van der Waals surface area contributed by atoms with Gasteiger partial charge in [-0.2, -0.15) is 13.2 Å². The molecule has 1 aromatic rings. The van der Waals surface area contributed by atoms with E-state index in [-0.39, 0.29) is 10.8 Å². The Balaban J connectivity index is 2.53. The summed E-state index contributed by atoms with van der Waals surface area (Å²) in [6.45, 7) is 4.20. The summed E-state index contributed by atoms with van der Waals surface area (Å²) in [6, 6.07) is 0.871. The summed E-state index contributed by atoms with van der Waals surface area (Å²) in [4.78, 5) is 3.67. The highest BCUT2D eigenvalue weighted by molar-refractivity contribution is 6.32. The minimum atomic E-state index is -4.42. The first-order valence-corrected chi connectivity index (χ1v) is 6.00. The monoisotopic (exact) mass is 281 g/mol. The average molecular weight is 282 g/mol. The Kier molecular flexibility index (Phi) is 5.68. The summed E-state index contributed by atoms with van der Waals surface area (Å²) < 4.78 is 37.1. The number of anilines is 1. The molecule has 0 aliphatic rings. The molecule has 0 radical (unpaired) electrons. The number of nitrogens with one attached hydrogen (secondary N) is 2. The van der Waals surface area contributed by atoms with Crippen molar-refractivity contribution in [1.29, 1.82) is 0 Å². The molecule has 0 amide bonds. The first-order valence-electron chi connectivity index (χ1n) is 5.62. The van der Waals surface area contributed by atoms with Gasteiger partial charge in [0.15, 0.2) is 0 Å². The van der Waals surface area contributed by atoms with Crippen molar-refractivity contribution in [3.8, 4) is 0 Å². The topological polar surface area (TPSA) is 37.0 Å². The van der Waals surface area contributed by atoms with Crippen LogP contribution in [0.5, 0.6) is 0 Å². The highest BCUT2D eigenvalue weighted by atomic mass is 35.5. The Bertz CT molecular complexity index is 382. The second kappa shape index (κ2) is 6.80. The number of halogens is 4. The predicted molar refractivity (Wildman–Crippen MR) is 65.9 cm³/mol. The van der Waals surface area contributed by atoms with Gasteiger partial charge in [-0.15, -0.1) is 0 Å². The van der Waals surface area contributed by atoms with Crippen LogP contribution in [0, 0.1) is 0 Å². The molecule has 1 heterocycles. The van der Waals surface area contributed by atoms with Gasteiger partial charge in [0.25, 0.3) is 0 Å². The average Bonchev–Trinajstić information content (AvgIpc) is 2.29. The van der Waals surface area contributed by atoms with Crippen LogP contribution in [0.25, 0.3) is 0 Å². The van der Waals surface area contributed by atoms with Gasteiger partial charge >= 0.3 is 6.18 Å². The molecule has 0 fully saturated rings. The van der Waals surface area contributed by atoms with Crippen LogP contribution >= 0.6 is 11.6 Å². The number of hydrogen-bond acceptors (Lipinski definition) is 3. The molecule has 0 aliphatic carbocycles. The molecule has 0 bridgehead atoms. The first-order chi connectivity index (χ1) is 8.45. The smallest absolute Gasteiger partial charge is 0.368 e. The molecule has 1 aromatic heterocycles. The summed E-state index contributed by atoms with van der Waals surface area (Å²) >= 11 is 5.73. The van der Waals surface area contributed by atoms with E-state index in [9.17, 15) is 13.2 Å². The molecule has 1 rings (SSSR count). The normalized spacial score (nSPS) is 11.6. The van der Waals surface area contributed by atoms with Gasteiger partial charge in [0.1, 0.15) is 5.82 Å². The van der Waals surface area contributed by atoms with E-state index in [1.54, 1.807) is 0 Å². The second-order valence-electron chi connectivity index (χ2n) is 3.73. The Morgan fingerprint density at radius 2 is 2.00 bits per heavy atom. The molecule has 0 saturated heterocycles. The molecule has 0 spiro atoms. The van der Waals surface area contributed by atoms with Gasteiger partial charge in [-0.05, 0) is 19.0 Å². The molecule has 0 aromatic carbocycles. The van der Waals surface area contributed by atoms with Crippen LogP contribution in [-0.4, -0.2) is 24.6 Å². The number of aromatic nitrogens is 1. The highest BCUT2D eigenvalue weighted by Gasteiger charge is 2.31. The number of hydrogen-bond donors (Lipinski definition) is 2. The van der Waals surface area contributed by atoms with Crippen LogP contribution in [0.15, 0.2) is 12.3 Å². The van der Waals surface area contributed by atoms with Crippen LogP contribution in [0.1, 0.15) is 18.9 Å². The maximum atomic E-state index is 12.4. The third-order valence-corrected chi connectivity index (χ3v) is 2.48. The van der Waals surface area contributed by atoms with Crippen LogP contribution < -0.4 is 10.6 Å². The van der Waals surface area contributed by atoms with Crippen molar-refractivity contribution < 1.29 is 13.2 Å². The van der Waals surface area contributed by atoms with Crippen molar-refractivity contribution in [3.63, 3.8) is 0 Å². The predicted octanol–water partition coefficient (Wildman–Crippen LogP) is 3.17. The summed E-state index contributed by atoms with van der Waals surface area (Å²) in [5.74, 6) is 0.267. The lowest BCUT2D eigenvalue weighted by Crippen LogP contribution is -2.23. The van der Waals surface area contributed by atoms with Gasteiger partial charge in [-0.1, -0.05) is 18.5 Å². The van der Waals surface area contributed by atoms with Crippen molar-refractivity contribution in [2.45, 2.75) is 19.5 Å². The van der Waals surface area contributed by atoms with Crippen molar-refractivity contribution in [2.75, 3.05) is 25.0 Å². The van der Waals surface area contributed by atoms with E-state index < -0.39 is 11.7 Å². The first kappa shape index (κ1) is 15.0. The number of nitrogens with zero attached hydrogens (tertiary/aromatic N) is 1. The van der Waals surface area contributed by atoms with Crippen molar-refractivity contribution in [3.05, 3.63) is 22.8 Å². The molecule has 7 heteroatoms. The highest BCUT2D eigenvalue weighted by Crippen LogP contribution is 2.32. The molecule has 0 saturated carbocycles. The number of alkyl halides is 3. The van der Waals surface area contributed by atoms with Gasteiger partial charge < -0.3 is 10.6 Å². The fraction of sp³-hybridized carbons (Fsp3) is 0.545. The minimum Gasteiger partial charge on any atom is -0.368 e. The van der Waals surface area contributed by atoms with Crippen molar-refractivity contribution >= 4 is 17.4 Å². The maximum Gasteiger partial charge on any atom is 0.417 e. The van der Waals surface area contributed by atoms with E-state index in [4.69, 9.17) is 11.6 Å². The maximum absolute atomic E-state index is 12.4. The number of rotatable bonds is 6. The van der Waals surface area contributed by atoms with Gasteiger partial charge in [-0.25, -0.2) is 4.98 Å². The van der Waals surface area contributed by atoms with Gasteiger partial charge in [0, 0.05) is 19.3 Å². The fourth-order valence-corrected chi connectivity index (χ4v) is 1.53. The lowest BCUT2D eigenvalue weighted by molar-refractivity contribution is -0.137. The molecule has 102 valence electrons. The molecule has 0 aliphatic heterocycles. The summed E-state index contributed by atoms with van der Waals surface area (Å²) in [5.41, 5.74) is -0.845. The molecule has 18 heavy (non-hydrogen) atoms. The Morgan fingerprint density at radius 3 is 2.56 bits per heavy atom. The molecule has 0 atom stereocenters. The SMILES string of the molecule is CCCNCCNc1ncc(C(F)(F)F)cc1Cl. The Labute approximate surface area is 109 Å². The zero-order valence-electron chi connectivity index (χ0n) is 9.94. The fourth-order valence-electron chi connectivity index (χ4n) is 1.29. The summed E-state index contributed by atoms with van der Waals surface area (Å²) in [5, 5.41) is 6.00. The summed E-state index contributed by atoms with van der Waals surface area (Å²) in [7, 11) is 0. The Hall–Kier alpha value is -1.01. The van der Waals surface area contributed by atoms with Gasteiger partial charge in [-0.3, -0.25) is 0 Å². The molecular formula is C11H15ClF3N3. The standard InChI is InChI=1S/C11H15ClF3N3/c1-2-3-16-4-5-17-10-9(12)6-8(7-18-10)11(13,14)15/h6-7,16H,2-5H2,1H3,(H,17,18). The number of pyridine rings is 1. The van der Waals surface area contributed by atoms with E-state index in [0.717, 1.165) is 25.2 Å². The van der Waals surface area contributed by atoms with E-state index in [2.05, 4.69) is 22.5 Å². The van der Waals surface area contributed by atoms with E-state index in [1.807, 2.05) is 0 Å². The van der Waals surface area contributed by atoms with E-state index in [0.29, 0.717) is 13.1 Å². The van der Waals surface area contributed by atoms with E-state index >= 15 is 0 Å². The molecule has 2 N–H and O–H groups in total. The second-order valence-corrected chi connectivity index (χ2v) is 4.14. The zero-order valence-corrected chi connectivity index (χ0v) is 10.7. The van der Waals surface area contributed by atoms with Crippen LogP contribution in [0.3, 0.4) is 0 Å². The lowest BCUT2D eigenvalue weighted by Gasteiger charge is -2.11. The van der Waals surface area contributed by atoms with Crippen LogP contribution in [0.2, 0.25) is 5.02 Å². The lowest BCUT2D eigenvalue weighted by atomic mass is 10.3. The van der Waals surface area contributed by atoms with Crippen LogP contribution in [-0.2, 0) is 6.18 Å². The van der Waals surface area contributed by atoms with Gasteiger partial charge in [0.05, 0.1) is 10.6 Å². The molecule has 0 unspecified atom stereocenters. The summed E-state index contributed by atoms with van der Waals surface area (Å²) in [6.07, 6.45) is -2.62. The molecular weight excluding hydrogens is 267 g/mol. The zero-order chi connectivity index (χ0) is 13.6. The van der Waals surface area contributed by atoms with E-state index in [1.165, 1.54) is 0 Å². The largest absolute Gasteiger partial charge is 0.417 e. The third-order valence-electron chi connectivity index (χ3n) is 2.19. The third kappa shape index (κ3) is 4.70. The Morgan fingerprint density at radius 1 is 1.28 bits per heavy atom. The van der Waals surface area contributed by atoms with Crippen molar-refractivity contribution in [2.24, 2.45) is 0 Å². The van der Waals surface area contributed by atoms with Crippen molar-refractivity contribution in [1.82, 2.24) is 10.3 Å². The quantitative estimate of drug-likeness (QED) is 0.787.